The van der Waals surface area contributed by atoms with E-state index in [0.717, 1.165) is 65.7 Å². The molecule has 0 saturated heterocycles. The summed E-state index contributed by atoms with van der Waals surface area (Å²) in [5.74, 6) is 2.02. The SMILES string of the molecule is CCCCc1nnc(SCc2ccc(OC)cc2)n1Cc1ccc(OC(C(=O)O)c2ccccc2Cl)c(CCC)c1. The molecule has 41 heavy (non-hydrogen) atoms. The van der Waals surface area contributed by atoms with Gasteiger partial charge in [-0.25, -0.2) is 4.79 Å². The summed E-state index contributed by atoms with van der Waals surface area (Å²) in [4.78, 5) is 12.2. The van der Waals surface area contributed by atoms with Crippen LogP contribution in [0.4, 0.5) is 0 Å². The van der Waals surface area contributed by atoms with Crippen LogP contribution in [0.3, 0.4) is 0 Å². The molecule has 9 heteroatoms. The zero-order valence-electron chi connectivity index (χ0n) is 23.7. The quantitative estimate of drug-likeness (QED) is 0.141. The predicted octanol–water partition coefficient (Wildman–Crippen LogP) is 7.78. The number of benzene rings is 3. The van der Waals surface area contributed by atoms with Crippen LogP contribution in [0.5, 0.6) is 11.5 Å². The van der Waals surface area contributed by atoms with Gasteiger partial charge in [-0.3, -0.25) is 0 Å². The van der Waals surface area contributed by atoms with Gasteiger partial charge in [0, 0.05) is 22.8 Å². The van der Waals surface area contributed by atoms with Gasteiger partial charge in [0.05, 0.1) is 13.7 Å². The highest BCUT2D eigenvalue weighted by molar-refractivity contribution is 7.98. The van der Waals surface area contributed by atoms with Crippen molar-refractivity contribution < 1.29 is 19.4 Å². The van der Waals surface area contributed by atoms with Crippen molar-refractivity contribution in [2.45, 2.75) is 69.5 Å². The minimum absolute atomic E-state index is 0.362. The van der Waals surface area contributed by atoms with E-state index in [-0.39, 0.29) is 0 Å². The molecule has 1 N–H and O–H groups in total. The summed E-state index contributed by atoms with van der Waals surface area (Å²) in [5, 5.41) is 20.2. The summed E-state index contributed by atoms with van der Waals surface area (Å²) < 4.78 is 13.6. The average molecular weight is 594 g/mol. The first kappa shape index (κ1) is 30.5. The number of ether oxygens (including phenoxy) is 2. The van der Waals surface area contributed by atoms with Crippen molar-refractivity contribution in [3.05, 3.63) is 99.8 Å². The lowest BCUT2D eigenvalue weighted by atomic mass is 10.0. The number of aromatic nitrogens is 3. The number of carbonyl (C=O) groups is 1. The number of methoxy groups -OCH3 is 1. The highest BCUT2D eigenvalue weighted by Gasteiger charge is 2.25. The minimum atomic E-state index is -1.20. The third-order valence-electron chi connectivity index (χ3n) is 6.72. The molecule has 1 atom stereocenters. The number of rotatable bonds is 15. The molecule has 1 heterocycles. The zero-order valence-corrected chi connectivity index (χ0v) is 25.3. The number of aliphatic carboxylic acids is 1. The summed E-state index contributed by atoms with van der Waals surface area (Å²) in [6.07, 6.45) is 3.40. The number of thioether (sulfide) groups is 1. The number of hydrogen-bond acceptors (Lipinski definition) is 6. The van der Waals surface area contributed by atoms with E-state index < -0.39 is 12.1 Å². The van der Waals surface area contributed by atoms with E-state index >= 15 is 0 Å². The Labute approximate surface area is 250 Å². The lowest BCUT2D eigenvalue weighted by Gasteiger charge is -2.20. The monoisotopic (exact) mass is 593 g/mol. The van der Waals surface area contributed by atoms with Gasteiger partial charge >= 0.3 is 5.97 Å². The zero-order chi connectivity index (χ0) is 29.2. The maximum Gasteiger partial charge on any atom is 0.349 e. The van der Waals surface area contributed by atoms with E-state index in [0.29, 0.717) is 22.9 Å². The third kappa shape index (κ3) is 8.05. The van der Waals surface area contributed by atoms with Gasteiger partial charge in [-0.2, -0.15) is 0 Å². The first-order valence-corrected chi connectivity index (χ1v) is 15.2. The van der Waals surface area contributed by atoms with Gasteiger partial charge in [0.2, 0.25) is 6.10 Å². The second kappa shape index (κ2) is 14.9. The van der Waals surface area contributed by atoms with Crippen molar-refractivity contribution in [3.63, 3.8) is 0 Å². The summed E-state index contributed by atoms with van der Waals surface area (Å²) in [7, 11) is 1.66. The van der Waals surface area contributed by atoms with Crippen molar-refractivity contribution in [3.8, 4) is 11.5 Å². The molecule has 1 unspecified atom stereocenters. The fraction of sp³-hybridized carbons (Fsp3) is 0.344. The molecule has 4 aromatic rings. The van der Waals surface area contributed by atoms with Crippen molar-refractivity contribution in [1.82, 2.24) is 14.8 Å². The second-order valence-electron chi connectivity index (χ2n) is 9.77. The molecule has 7 nitrogen and oxygen atoms in total. The van der Waals surface area contributed by atoms with Gasteiger partial charge in [0.15, 0.2) is 5.16 Å². The molecule has 0 saturated carbocycles. The largest absolute Gasteiger partial charge is 0.497 e. The van der Waals surface area contributed by atoms with Gasteiger partial charge in [0.1, 0.15) is 17.3 Å². The Bertz CT molecular complexity index is 1440. The molecule has 0 bridgehead atoms. The third-order valence-corrected chi connectivity index (χ3v) is 8.10. The number of unbranched alkanes of at least 4 members (excludes halogenated alkanes) is 1. The lowest BCUT2D eigenvalue weighted by molar-refractivity contribution is -0.145. The van der Waals surface area contributed by atoms with E-state index in [2.05, 4.69) is 46.8 Å². The standard InChI is InChI=1S/C32H36ClN3O4S/c1-4-6-12-29-34-35-32(41-21-22-13-16-25(39-3)17-14-22)36(29)20-23-15-18-28(24(19-23)9-5-2)40-30(31(37)38)26-10-7-8-11-27(26)33/h7-8,10-11,13-19,30H,4-6,9,12,20-21H2,1-3H3,(H,37,38). The summed E-state index contributed by atoms with van der Waals surface area (Å²) in [6.45, 7) is 4.87. The van der Waals surface area contributed by atoms with Crippen LogP contribution in [0.1, 0.15) is 67.3 Å². The molecule has 1 aromatic heterocycles. The van der Waals surface area contributed by atoms with Crippen LogP contribution >= 0.6 is 23.4 Å². The molecule has 0 amide bonds. The van der Waals surface area contributed by atoms with Gasteiger partial charge in [-0.1, -0.05) is 92.5 Å². The van der Waals surface area contributed by atoms with Crippen LogP contribution in [0.25, 0.3) is 0 Å². The average Bonchev–Trinajstić information content (AvgIpc) is 3.36. The number of hydrogen-bond donors (Lipinski definition) is 1. The maximum atomic E-state index is 12.2. The van der Waals surface area contributed by atoms with E-state index in [1.54, 1.807) is 43.1 Å². The Morgan fingerprint density at radius 3 is 2.44 bits per heavy atom. The smallest absolute Gasteiger partial charge is 0.349 e. The van der Waals surface area contributed by atoms with Crippen LogP contribution < -0.4 is 9.47 Å². The molecule has 0 spiro atoms. The topological polar surface area (TPSA) is 86.5 Å². The fourth-order valence-electron chi connectivity index (χ4n) is 4.53. The van der Waals surface area contributed by atoms with E-state index in [1.807, 2.05) is 24.3 Å². The van der Waals surface area contributed by atoms with Gasteiger partial charge < -0.3 is 19.1 Å². The minimum Gasteiger partial charge on any atom is -0.497 e. The van der Waals surface area contributed by atoms with Crippen LogP contribution in [0, 0.1) is 0 Å². The van der Waals surface area contributed by atoms with Crippen LogP contribution in [-0.2, 0) is 29.9 Å². The van der Waals surface area contributed by atoms with Crippen molar-refractivity contribution in [1.29, 1.82) is 0 Å². The highest BCUT2D eigenvalue weighted by Crippen LogP contribution is 2.32. The van der Waals surface area contributed by atoms with E-state index in [4.69, 9.17) is 21.1 Å². The Kier molecular flexibility index (Phi) is 11.1. The van der Waals surface area contributed by atoms with Crippen LogP contribution in [-0.4, -0.2) is 33.0 Å². The molecule has 4 rings (SSSR count). The van der Waals surface area contributed by atoms with Crippen molar-refractivity contribution in [2.24, 2.45) is 0 Å². The maximum absolute atomic E-state index is 12.2. The molecule has 0 aliphatic rings. The molecular weight excluding hydrogens is 558 g/mol. The Morgan fingerprint density at radius 2 is 1.76 bits per heavy atom. The second-order valence-corrected chi connectivity index (χ2v) is 11.1. The van der Waals surface area contributed by atoms with Crippen LogP contribution in [0.2, 0.25) is 5.02 Å². The first-order chi connectivity index (χ1) is 19.9. The molecule has 0 fully saturated rings. The van der Waals surface area contributed by atoms with E-state index in [1.165, 1.54) is 5.56 Å². The molecular formula is C32H36ClN3O4S. The molecule has 0 aliphatic heterocycles. The molecule has 0 aliphatic carbocycles. The first-order valence-electron chi connectivity index (χ1n) is 13.9. The fourth-order valence-corrected chi connectivity index (χ4v) is 5.68. The molecule has 0 radical (unpaired) electrons. The number of aryl methyl sites for hydroxylation is 2. The van der Waals surface area contributed by atoms with Gasteiger partial charge in [-0.15, -0.1) is 10.2 Å². The van der Waals surface area contributed by atoms with Crippen molar-refractivity contribution >= 4 is 29.3 Å². The molecule has 3 aromatic carbocycles. The number of nitrogens with zero attached hydrogens (tertiary/aromatic N) is 3. The number of carboxylic acid groups (broad SMARTS) is 1. The highest BCUT2D eigenvalue weighted by atomic mass is 35.5. The predicted molar refractivity (Wildman–Crippen MR) is 163 cm³/mol. The molecule has 216 valence electrons. The number of halogens is 1. The number of carboxylic acids is 1. The van der Waals surface area contributed by atoms with Crippen molar-refractivity contribution in [2.75, 3.05) is 7.11 Å². The Balaban J connectivity index is 1.59. The Morgan fingerprint density at radius 1 is 1.00 bits per heavy atom. The summed E-state index contributed by atoms with van der Waals surface area (Å²) >= 11 is 7.97. The summed E-state index contributed by atoms with van der Waals surface area (Å²) in [5.41, 5.74) is 3.64. The lowest BCUT2D eigenvalue weighted by Crippen LogP contribution is -2.19. The van der Waals surface area contributed by atoms with E-state index in [9.17, 15) is 9.90 Å². The Hall–Kier alpha value is -3.49. The summed E-state index contributed by atoms with van der Waals surface area (Å²) in [6, 6.07) is 20.9. The normalized spacial score (nSPS) is 11.8. The van der Waals surface area contributed by atoms with Crippen LogP contribution in [0.15, 0.2) is 71.9 Å². The van der Waals surface area contributed by atoms with Gasteiger partial charge in [-0.05, 0) is 53.8 Å². The van der Waals surface area contributed by atoms with Gasteiger partial charge in [0.25, 0.3) is 0 Å².